The van der Waals surface area contributed by atoms with E-state index in [2.05, 4.69) is 32.5 Å². The topological polar surface area (TPSA) is 63.6 Å². The molecule has 1 aromatic carbocycles. The van der Waals surface area contributed by atoms with Crippen LogP contribution in [0.1, 0.15) is 15.9 Å². The van der Waals surface area contributed by atoms with Crippen LogP contribution in [0, 0.1) is 11.8 Å². The molecule has 0 aliphatic heterocycles. The summed E-state index contributed by atoms with van der Waals surface area (Å²) < 4.78 is 4.87. The molecule has 0 saturated heterocycles. The molecule has 1 N–H and O–H groups in total. The van der Waals surface area contributed by atoms with Crippen LogP contribution in [0.5, 0.6) is 0 Å². The molecule has 1 aromatic rings. The average Bonchev–Trinajstić information content (AvgIpc) is 2.26. The van der Waals surface area contributed by atoms with Gasteiger partial charge in [-0.3, -0.25) is 0 Å². The number of carboxylic acid groups (broad SMARTS) is 1. The predicted molar refractivity (Wildman–Crippen MR) is 60.0 cm³/mol. The van der Waals surface area contributed by atoms with Crippen LogP contribution in [-0.4, -0.2) is 24.2 Å². The number of rotatable bonds is 1. The van der Waals surface area contributed by atoms with E-state index in [4.69, 9.17) is 5.11 Å². The van der Waals surface area contributed by atoms with Gasteiger partial charge in [0, 0.05) is 16.0 Å². The lowest BCUT2D eigenvalue weighted by Gasteiger charge is -1.98. The van der Waals surface area contributed by atoms with Crippen molar-refractivity contribution < 1.29 is 19.4 Å². The molecule has 0 atom stereocenters. The molecule has 0 fully saturated rings. The highest BCUT2D eigenvalue weighted by atomic mass is 79.9. The second kappa shape index (κ2) is 5.33. The van der Waals surface area contributed by atoms with Crippen molar-refractivity contribution in [2.45, 2.75) is 0 Å². The van der Waals surface area contributed by atoms with Crippen LogP contribution in [0.2, 0.25) is 0 Å². The summed E-state index contributed by atoms with van der Waals surface area (Å²) in [6, 6.07) is 4.35. The molecule has 1 rings (SSSR count). The first-order valence-corrected chi connectivity index (χ1v) is 4.96. The minimum absolute atomic E-state index is 0.149. The molecule has 0 amide bonds. The number of hydrogen-bond acceptors (Lipinski definition) is 3. The quantitative estimate of drug-likeness (QED) is 0.629. The van der Waals surface area contributed by atoms with Crippen LogP contribution >= 0.6 is 15.9 Å². The first-order valence-electron chi connectivity index (χ1n) is 4.17. The fourth-order valence-electron chi connectivity index (χ4n) is 0.919. The Morgan fingerprint density at radius 2 is 2.12 bits per heavy atom. The summed E-state index contributed by atoms with van der Waals surface area (Å²) in [6.07, 6.45) is 0. The normalized spacial score (nSPS) is 8.88. The lowest BCUT2D eigenvalue weighted by Crippen LogP contribution is -1.97. The van der Waals surface area contributed by atoms with Crippen LogP contribution in [0.25, 0.3) is 0 Å². The molecular weight excluding hydrogens is 276 g/mol. The monoisotopic (exact) mass is 282 g/mol. The summed E-state index contributed by atoms with van der Waals surface area (Å²) in [5.41, 5.74) is 0.672. The summed E-state index contributed by atoms with van der Waals surface area (Å²) in [4.78, 5) is 21.4. The number of benzene rings is 1. The molecule has 4 nitrogen and oxygen atoms in total. The van der Waals surface area contributed by atoms with E-state index < -0.39 is 11.9 Å². The molecule has 16 heavy (non-hydrogen) atoms. The molecule has 0 radical (unpaired) electrons. The maximum atomic E-state index is 10.8. The van der Waals surface area contributed by atoms with Gasteiger partial charge in [0.1, 0.15) is 0 Å². The maximum Gasteiger partial charge on any atom is 0.384 e. The molecule has 0 saturated carbocycles. The SMILES string of the molecule is COC(=O)C#Cc1ccc(C(=O)O)cc1Br. The van der Waals surface area contributed by atoms with Crippen LogP contribution in [-0.2, 0) is 9.53 Å². The fraction of sp³-hybridized carbons (Fsp3) is 0.0909. The van der Waals surface area contributed by atoms with Crippen molar-refractivity contribution in [2.75, 3.05) is 7.11 Å². The average molecular weight is 283 g/mol. The molecule has 0 spiro atoms. The third-order valence-electron chi connectivity index (χ3n) is 1.70. The number of carbonyl (C=O) groups is 2. The van der Waals surface area contributed by atoms with Gasteiger partial charge in [-0.15, -0.1) is 0 Å². The van der Waals surface area contributed by atoms with Crippen LogP contribution in [0.4, 0.5) is 0 Å². The van der Waals surface area contributed by atoms with Crippen molar-refractivity contribution in [3.8, 4) is 11.8 Å². The van der Waals surface area contributed by atoms with Crippen LogP contribution in [0.15, 0.2) is 22.7 Å². The van der Waals surface area contributed by atoms with Gasteiger partial charge in [0.2, 0.25) is 0 Å². The number of esters is 1. The Morgan fingerprint density at radius 3 is 2.62 bits per heavy atom. The van der Waals surface area contributed by atoms with E-state index in [-0.39, 0.29) is 5.56 Å². The lowest BCUT2D eigenvalue weighted by atomic mass is 10.1. The van der Waals surface area contributed by atoms with E-state index in [1.165, 1.54) is 25.3 Å². The standard InChI is InChI=1S/C11H7BrO4/c1-16-10(13)5-4-7-2-3-8(11(14)15)6-9(7)12/h2-3,6H,1H3,(H,14,15). The molecule has 0 aliphatic rings. The van der Waals surface area contributed by atoms with Gasteiger partial charge in [-0.05, 0) is 34.1 Å². The molecule has 5 heteroatoms. The number of carboxylic acids is 1. The van der Waals surface area contributed by atoms with Crippen LogP contribution < -0.4 is 0 Å². The summed E-state index contributed by atoms with van der Waals surface area (Å²) in [5, 5.41) is 8.73. The molecular formula is C11H7BrO4. The number of halogens is 1. The summed E-state index contributed by atoms with van der Waals surface area (Å²) in [5.74, 6) is 3.15. The zero-order chi connectivity index (χ0) is 12.1. The number of hydrogen-bond donors (Lipinski definition) is 1. The van der Waals surface area contributed by atoms with Crippen molar-refractivity contribution in [3.63, 3.8) is 0 Å². The molecule has 82 valence electrons. The van der Waals surface area contributed by atoms with Gasteiger partial charge < -0.3 is 9.84 Å². The molecule has 0 aromatic heterocycles. The van der Waals surface area contributed by atoms with Gasteiger partial charge in [-0.25, -0.2) is 9.59 Å². The zero-order valence-electron chi connectivity index (χ0n) is 8.28. The number of carbonyl (C=O) groups excluding carboxylic acids is 1. The van der Waals surface area contributed by atoms with Gasteiger partial charge in [0.05, 0.1) is 12.7 Å². The second-order valence-corrected chi connectivity index (χ2v) is 3.60. The Balaban J connectivity index is 3.03. The highest BCUT2D eigenvalue weighted by Gasteiger charge is 2.05. The Labute approximate surface area is 100 Å². The number of ether oxygens (including phenoxy) is 1. The van der Waals surface area contributed by atoms with E-state index in [0.29, 0.717) is 10.0 Å². The largest absolute Gasteiger partial charge is 0.478 e. The summed E-state index contributed by atoms with van der Waals surface area (Å²) in [7, 11) is 1.24. The summed E-state index contributed by atoms with van der Waals surface area (Å²) >= 11 is 3.17. The lowest BCUT2D eigenvalue weighted by molar-refractivity contribution is -0.133. The number of aromatic carboxylic acids is 1. The van der Waals surface area contributed by atoms with Gasteiger partial charge in [-0.1, -0.05) is 5.92 Å². The Hall–Kier alpha value is -1.80. The third kappa shape index (κ3) is 3.11. The van der Waals surface area contributed by atoms with Gasteiger partial charge in [-0.2, -0.15) is 0 Å². The van der Waals surface area contributed by atoms with Crippen molar-refractivity contribution in [1.82, 2.24) is 0 Å². The van der Waals surface area contributed by atoms with Crippen molar-refractivity contribution in [3.05, 3.63) is 33.8 Å². The molecule has 0 aliphatic carbocycles. The minimum atomic E-state index is -1.02. The molecule has 0 heterocycles. The van der Waals surface area contributed by atoms with Gasteiger partial charge in [0.15, 0.2) is 0 Å². The van der Waals surface area contributed by atoms with E-state index in [9.17, 15) is 9.59 Å². The Kier molecular flexibility index (Phi) is 4.09. The van der Waals surface area contributed by atoms with Gasteiger partial charge >= 0.3 is 11.9 Å². The van der Waals surface area contributed by atoms with Crippen molar-refractivity contribution >= 4 is 27.9 Å². The maximum absolute atomic E-state index is 10.8. The zero-order valence-corrected chi connectivity index (χ0v) is 9.87. The van der Waals surface area contributed by atoms with Crippen molar-refractivity contribution in [2.24, 2.45) is 0 Å². The number of methoxy groups -OCH3 is 1. The Bertz CT molecular complexity index is 496. The third-order valence-corrected chi connectivity index (χ3v) is 2.36. The highest BCUT2D eigenvalue weighted by Crippen LogP contribution is 2.17. The second-order valence-electron chi connectivity index (χ2n) is 2.74. The van der Waals surface area contributed by atoms with E-state index in [1.807, 2.05) is 0 Å². The fourth-order valence-corrected chi connectivity index (χ4v) is 1.40. The van der Waals surface area contributed by atoms with E-state index in [1.54, 1.807) is 0 Å². The van der Waals surface area contributed by atoms with E-state index >= 15 is 0 Å². The minimum Gasteiger partial charge on any atom is -0.478 e. The Morgan fingerprint density at radius 1 is 1.44 bits per heavy atom. The smallest absolute Gasteiger partial charge is 0.384 e. The van der Waals surface area contributed by atoms with Crippen LogP contribution in [0.3, 0.4) is 0 Å². The highest BCUT2D eigenvalue weighted by molar-refractivity contribution is 9.10. The molecule has 0 unspecified atom stereocenters. The summed E-state index contributed by atoms with van der Waals surface area (Å²) in [6.45, 7) is 0. The predicted octanol–water partition coefficient (Wildman–Crippen LogP) is 1.67. The first kappa shape index (κ1) is 12.3. The van der Waals surface area contributed by atoms with Crippen molar-refractivity contribution in [1.29, 1.82) is 0 Å². The first-order chi connectivity index (χ1) is 7.54. The van der Waals surface area contributed by atoms with E-state index in [0.717, 1.165) is 0 Å². The molecule has 0 bridgehead atoms. The van der Waals surface area contributed by atoms with Gasteiger partial charge in [0.25, 0.3) is 0 Å².